The first-order valence-corrected chi connectivity index (χ1v) is 3.21. The highest BCUT2D eigenvalue weighted by Gasteiger charge is 2.05. The molecule has 0 amide bonds. The van der Waals surface area contributed by atoms with E-state index >= 15 is 0 Å². The van der Waals surface area contributed by atoms with Crippen LogP contribution in [0.25, 0.3) is 0 Å². The van der Waals surface area contributed by atoms with Crippen LogP contribution in [0.5, 0.6) is 0 Å². The van der Waals surface area contributed by atoms with Gasteiger partial charge in [0.1, 0.15) is 6.17 Å². The van der Waals surface area contributed by atoms with Gasteiger partial charge >= 0.3 is 0 Å². The SMILES string of the molecule is [CH2]C(Cl)CC(F)CC. The Morgan fingerprint density at radius 2 is 2.25 bits per heavy atom. The van der Waals surface area contributed by atoms with Gasteiger partial charge in [-0.3, -0.25) is 0 Å². The second-order valence-corrected chi connectivity index (χ2v) is 2.46. The van der Waals surface area contributed by atoms with E-state index in [4.69, 9.17) is 11.6 Å². The van der Waals surface area contributed by atoms with Gasteiger partial charge in [-0.25, -0.2) is 4.39 Å². The summed E-state index contributed by atoms with van der Waals surface area (Å²) in [7, 11) is 0. The summed E-state index contributed by atoms with van der Waals surface area (Å²) in [5.74, 6) is 0. The van der Waals surface area contributed by atoms with Gasteiger partial charge in [0.05, 0.1) is 0 Å². The summed E-state index contributed by atoms with van der Waals surface area (Å²) in [6.07, 6.45) is 0.145. The zero-order valence-corrected chi connectivity index (χ0v) is 5.79. The Hall–Kier alpha value is 0.220. The maximum atomic E-state index is 12.3. The van der Waals surface area contributed by atoms with E-state index in [1.54, 1.807) is 6.92 Å². The van der Waals surface area contributed by atoms with Gasteiger partial charge in [0, 0.05) is 5.38 Å². The van der Waals surface area contributed by atoms with E-state index in [2.05, 4.69) is 6.92 Å². The summed E-state index contributed by atoms with van der Waals surface area (Å²) in [5, 5.41) is -0.273. The van der Waals surface area contributed by atoms with Crippen LogP contribution in [0.3, 0.4) is 0 Å². The van der Waals surface area contributed by atoms with Crippen molar-refractivity contribution in [3.63, 3.8) is 0 Å². The van der Waals surface area contributed by atoms with E-state index in [-0.39, 0.29) is 5.38 Å². The maximum absolute atomic E-state index is 12.3. The van der Waals surface area contributed by atoms with Gasteiger partial charge in [-0.2, -0.15) is 0 Å². The van der Waals surface area contributed by atoms with Crippen molar-refractivity contribution in [3.8, 4) is 0 Å². The molecule has 0 saturated heterocycles. The Morgan fingerprint density at radius 3 is 2.38 bits per heavy atom. The summed E-state index contributed by atoms with van der Waals surface area (Å²) in [5.41, 5.74) is 0. The van der Waals surface area contributed by atoms with Gasteiger partial charge in [0.2, 0.25) is 0 Å². The standard InChI is InChI=1S/C6H11ClF/c1-3-6(8)4-5(2)7/h5-6H,2-4H2,1H3. The van der Waals surface area contributed by atoms with Crippen LogP contribution in [-0.2, 0) is 0 Å². The zero-order chi connectivity index (χ0) is 6.57. The van der Waals surface area contributed by atoms with Gasteiger partial charge in [-0.05, 0) is 19.8 Å². The number of halogens is 2. The zero-order valence-electron chi connectivity index (χ0n) is 5.03. The summed E-state index contributed by atoms with van der Waals surface area (Å²) in [6, 6.07) is 0. The number of alkyl halides is 2. The lowest BCUT2D eigenvalue weighted by atomic mass is 10.2. The molecule has 2 heteroatoms. The molecule has 1 radical (unpaired) electrons. The molecule has 2 atom stereocenters. The van der Waals surface area contributed by atoms with Crippen molar-refractivity contribution in [2.45, 2.75) is 31.3 Å². The summed E-state index contributed by atoms with van der Waals surface area (Å²) in [6.45, 7) is 5.25. The van der Waals surface area contributed by atoms with Crippen LogP contribution in [0.4, 0.5) is 4.39 Å². The Kier molecular flexibility index (Phi) is 4.25. The Bertz CT molecular complexity index is 54.5. The van der Waals surface area contributed by atoms with Crippen molar-refractivity contribution >= 4 is 11.6 Å². The molecule has 0 aromatic rings. The van der Waals surface area contributed by atoms with Crippen LogP contribution in [-0.4, -0.2) is 11.5 Å². The van der Waals surface area contributed by atoms with E-state index in [0.717, 1.165) is 0 Å². The van der Waals surface area contributed by atoms with Gasteiger partial charge in [0.15, 0.2) is 0 Å². The first kappa shape index (κ1) is 8.22. The first-order chi connectivity index (χ1) is 3.66. The van der Waals surface area contributed by atoms with Gasteiger partial charge in [-0.1, -0.05) is 6.92 Å². The highest BCUT2D eigenvalue weighted by Crippen LogP contribution is 2.09. The predicted octanol–water partition coefficient (Wildman–Crippen LogP) is 2.57. The third kappa shape index (κ3) is 4.38. The van der Waals surface area contributed by atoms with Gasteiger partial charge < -0.3 is 0 Å². The second-order valence-electron chi connectivity index (χ2n) is 1.84. The maximum Gasteiger partial charge on any atom is 0.101 e. The van der Waals surface area contributed by atoms with Crippen LogP contribution in [0.1, 0.15) is 19.8 Å². The molecule has 0 fully saturated rings. The van der Waals surface area contributed by atoms with Crippen molar-refractivity contribution in [1.82, 2.24) is 0 Å². The summed E-state index contributed by atoms with van der Waals surface area (Å²) in [4.78, 5) is 0. The molecule has 0 bridgehead atoms. The predicted molar refractivity (Wildman–Crippen MR) is 34.8 cm³/mol. The van der Waals surface area contributed by atoms with Crippen molar-refractivity contribution in [1.29, 1.82) is 0 Å². The van der Waals surface area contributed by atoms with Crippen molar-refractivity contribution in [3.05, 3.63) is 6.92 Å². The van der Waals surface area contributed by atoms with Crippen LogP contribution < -0.4 is 0 Å². The van der Waals surface area contributed by atoms with E-state index in [9.17, 15) is 4.39 Å². The smallest absolute Gasteiger partial charge is 0.101 e. The lowest BCUT2D eigenvalue weighted by molar-refractivity contribution is 0.309. The highest BCUT2D eigenvalue weighted by atomic mass is 35.5. The third-order valence-corrected chi connectivity index (χ3v) is 1.13. The molecule has 0 aliphatic carbocycles. The average molecular weight is 138 g/mol. The van der Waals surface area contributed by atoms with E-state index in [1.807, 2.05) is 0 Å². The first-order valence-electron chi connectivity index (χ1n) is 2.78. The molecule has 2 unspecified atom stereocenters. The van der Waals surface area contributed by atoms with E-state index < -0.39 is 6.17 Å². The van der Waals surface area contributed by atoms with E-state index in [0.29, 0.717) is 12.8 Å². The van der Waals surface area contributed by atoms with Gasteiger partial charge in [-0.15, -0.1) is 11.6 Å². The fourth-order valence-electron chi connectivity index (χ4n) is 0.444. The molecular formula is C6H11ClF. The molecule has 0 saturated carbocycles. The minimum absolute atomic E-state index is 0.273. The second kappa shape index (κ2) is 4.13. The monoisotopic (exact) mass is 137 g/mol. The molecule has 0 aliphatic heterocycles. The van der Waals surface area contributed by atoms with E-state index in [1.165, 1.54) is 0 Å². The Labute approximate surface area is 55.0 Å². The lowest BCUT2D eigenvalue weighted by Gasteiger charge is -2.04. The van der Waals surface area contributed by atoms with Crippen LogP contribution in [0, 0.1) is 6.92 Å². The molecule has 49 valence electrons. The lowest BCUT2D eigenvalue weighted by Crippen LogP contribution is -2.04. The fraction of sp³-hybridized carbons (Fsp3) is 0.833. The number of hydrogen-bond acceptors (Lipinski definition) is 0. The molecule has 0 nitrogen and oxygen atoms in total. The van der Waals surface area contributed by atoms with Crippen molar-refractivity contribution in [2.24, 2.45) is 0 Å². The van der Waals surface area contributed by atoms with Crippen LogP contribution in [0.15, 0.2) is 0 Å². The molecule has 0 N–H and O–H groups in total. The van der Waals surface area contributed by atoms with Crippen molar-refractivity contribution < 1.29 is 4.39 Å². The summed E-state index contributed by atoms with van der Waals surface area (Å²) < 4.78 is 12.3. The normalized spacial score (nSPS) is 18.0. The van der Waals surface area contributed by atoms with Crippen LogP contribution in [0.2, 0.25) is 0 Å². The molecule has 8 heavy (non-hydrogen) atoms. The topological polar surface area (TPSA) is 0 Å². The minimum Gasteiger partial charge on any atom is -0.247 e. The van der Waals surface area contributed by atoms with Gasteiger partial charge in [0.25, 0.3) is 0 Å². The average Bonchev–Trinajstić information content (AvgIpc) is 1.65. The third-order valence-electron chi connectivity index (χ3n) is 0.954. The molecule has 0 rings (SSSR count). The molecule has 0 aromatic heterocycles. The number of rotatable bonds is 3. The molecule has 0 spiro atoms. The number of hydrogen-bond donors (Lipinski definition) is 0. The largest absolute Gasteiger partial charge is 0.247 e. The Balaban J connectivity index is 3.10. The Morgan fingerprint density at radius 1 is 1.75 bits per heavy atom. The van der Waals surface area contributed by atoms with Crippen LogP contribution >= 0.6 is 11.6 Å². The van der Waals surface area contributed by atoms with Crippen molar-refractivity contribution in [2.75, 3.05) is 0 Å². The fourth-order valence-corrected chi connectivity index (χ4v) is 0.638. The molecule has 0 aliphatic rings. The molecule has 0 aromatic carbocycles. The minimum atomic E-state index is -0.769. The highest BCUT2D eigenvalue weighted by molar-refractivity contribution is 6.21. The molecule has 0 heterocycles. The molecular weight excluding hydrogens is 127 g/mol. The summed E-state index contributed by atoms with van der Waals surface area (Å²) >= 11 is 5.40. The quantitative estimate of drug-likeness (QED) is 0.525.